The van der Waals surface area contributed by atoms with Gasteiger partial charge in [-0.25, -0.2) is 13.1 Å². The first-order valence-corrected chi connectivity index (χ1v) is 8.91. The van der Waals surface area contributed by atoms with Gasteiger partial charge in [0.2, 0.25) is 10.0 Å². The van der Waals surface area contributed by atoms with E-state index in [1.165, 1.54) is 37.1 Å². The van der Waals surface area contributed by atoms with Crippen molar-refractivity contribution in [2.24, 2.45) is 5.92 Å². The lowest BCUT2D eigenvalue weighted by atomic mass is 10.3. The van der Waals surface area contributed by atoms with Crippen LogP contribution in [0.25, 0.3) is 0 Å². The summed E-state index contributed by atoms with van der Waals surface area (Å²) in [5.74, 6) is 0.796. The molecule has 1 aromatic rings. The van der Waals surface area contributed by atoms with E-state index in [4.69, 9.17) is 0 Å². The summed E-state index contributed by atoms with van der Waals surface area (Å²) < 4.78 is 27.3. The molecule has 0 aromatic heterocycles. The average molecular weight is 325 g/mol. The summed E-state index contributed by atoms with van der Waals surface area (Å²) in [6.45, 7) is 2.72. The molecular weight excluding hydrogens is 306 g/mol. The monoisotopic (exact) mass is 325 g/mol. The Morgan fingerprint density at radius 2 is 1.91 bits per heavy atom. The first-order valence-electron chi connectivity index (χ1n) is 7.43. The van der Waals surface area contributed by atoms with Crippen LogP contribution in [-0.2, 0) is 10.0 Å². The average Bonchev–Trinajstić information content (AvgIpc) is 3.18. The minimum Gasteiger partial charge on any atom is -0.301 e. The van der Waals surface area contributed by atoms with E-state index in [0.717, 1.165) is 32.0 Å². The number of hydrogen-bond acceptors (Lipinski definition) is 5. The maximum Gasteiger partial charge on any atom is 0.269 e. The fourth-order valence-electron chi connectivity index (χ4n) is 2.79. The molecule has 0 unspecified atom stereocenters. The Hall–Kier alpha value is -1.51. The Labute approximate surface area is 129 Å². The lowest BCUT2D eigenvalue weighted by Gasteiger charge is -2.16. The molecule has 0 spiro atoms. The molecule has 1 heterocycles. The molecule has 22 heavy (non-hydrogen) atoms. The Morgan fingerprint density at radius 1 is 1.23 bits per heavy atom. The largest absolute Gasteiger partial charge is 0.301 e. The number of nitrogens with zero attached hydrogens (tertiary/aromatic N) is 2. The molecule has 120 valence electrons. The number of nitrogens with one attached hydrogen (secondary N) is 1. The van der Waals surface area contributed by atoms with Crippen LogP contribution >= 0.6 is 0 Å². The first kappa shape index (κ1) is 15.4. The minimum absolute atomic E-state index is 0.0683. The molecule has 8 heteroatoms. The quantitative estimate of drug-likeness (QED) is 0.630. The van der Waals surface area contributed by atoms with Crippen molar-refractivity contribution in [2.75, 3.05) is 19.6 Å². The fraction of sp³-hybridized carbons (Fsp3) is 0.571. The van der Waals surface area contributed by atoms with Crippen LogP contribution in [0, 0.1) is 16.0 Å². The highest BCUT2D eigenvalue weighted by Gasteiger charge is 2.31. The Balaban J connectivity index is 1.61. The molecule has 2 aliphatic rings. The van der Waals surface area contributed by atoms with Crippen molar-refractivity contribution in [2.45, 2.75) is 30.2 Å². The fourth-order valence-corrected chi connectivity index (χ4v) is 4.06. The SMILES string of the molecule is O=[N+]([O-])c1ccc(S(=O)(=O)N[C@@H]2CCN(CC3CC3)C2)cc1. The Morgan fingerprint density at radius 3 is 2.50 bits per heavy atom. The van der Waals surface area contributed by atoms with Crippen LogP contribution in [0.4, 0.5) is 5.69 Å². The minimum atomic E-state index is -3.62. The van der Waals surface area contributed by atoms with E-state index in [9.17, 15) is 18.5 Å². The summed E-state index contributed by atoms with van der Waals surface area (Å²) >= 11 is 0. The number of non-ortho nitro benzene ring substituents is 1. The van der Waals surface area contributed by atoms with Crippen LogP contribution in [0.15, 0.2) is 29.2 Å². The van der Waals surface area contributed by atoms with E-state index in [1.54, 1.807) is 0 Å². The molecule has 2 fully saturated rings. The maximum atomic E-state index is 12.3. The van der Waals surface area contributed by atoms with E-state index in [1.807, 2.05) is 0 Å². The van der Waals surface area contributed by atoms with Gasteiger partial charge in [-0.15, -0.1) is 0 Å². The van der Waals surface area contributed by atoms with Crippen LogP contribution in [0.2, 0.25) is 0 Å². The number of sulfonamides is 1. The number of nitro groups is 1. The number of hydrogen-bond donors (Lipinski definition) is 1. The predicted octanol–water partition coefficient (Wildman–Crippen LogP) is 1.36. The normalized spacial score (nSPS) is 22.8. The van der Waals surface area contributed by atoms with E-state index < -0.39 is 14.9 Å². The van der Waals surface area contributed by atoms with Crippen LogP contribution in [0.1, 0.15) is 19.3 Å². The van der Waals surface area contributed by atoms with Gasteiger partial charge in [-0.3, -0.25) is 10.1 Å². The zero-order valence-electron chi connectivity index (χ0n) is 12.1. The van der Waals surface area contributed by atoms with Gasteiger partial charge in [-0.2, -0.15) is 0 Å². The molecule has 1 N–H and O–H groups in total. The molecule has 3 rings (SSSR count). The smallest absolute Gasteiger partial charge is 0.269 e. The van der Waals surface area contributed by atoms with Gasteiger partial charge in [0.1, 0.15) is 0 Å². The molecule has 1 aliphatic carbocycles. The standard InChI is InChI=1S/C14H19N3O4S/c18-17(19)13-3-5-14(6-4-13)22(20,21)15-12-7-8-16(10-12)9-11-1-2-11/h3-6,11-12,15H,1-2,7-10H2/t12-/m1/s1. The zero-order valence-corrected chi connectivity index (χ0v) is 13.0. The van der Waals surface area contributed by atoms with E-state index in [0.29, 0.717) is 0 Å². The third-order valence-corrected chi connectivity index (χ3v) is 5.70. The van der Waals surface area contributed by atoms with E-state index >= 15 is 0 Å². The summed E-state index contributed by atoms with van der Waals surface area (Å²) in [5, 5.41) is 10.6. The Kier molecular flexibility index (Phi) is 4.16. The van der Waals surface area contributed by atoms with Crippen LogP contribution in [-0.4, -0.2) is 43.9 Å². The van der Waals surface area contributed by atoms with Gasteiger partial charge in [0.25, 0.3) is 5.69 Å². The molecule has 1 saturated carbocycles. The molecule has 0 bridgehead atoms. The molecule has 7 nitrogen and oxygen atoms in total. The molecular formula is C14H19N3O4S. The molecule has 0 amide bonds. The van der Waals surface area contributed by atoms with Crippen molar-refractivity contribution in [1.82, 2.24) is 9.62 Å². The van der Waals surface area contributed by atoms with Gasteiger partial charge >= 0.3 is 0 Å². The third kappa shape index (κ3) is 3.63. The van der Waals surface area contributed by atoms with Gasteiger partial charge in [-0.05, 0) is 43.9 Å². The summed E-state index contributed by atoms with van der Waals surface area (Å²) in [4.78, 5) is 12.4. The number of rotatable bonds is 6. The van der Waals surface area contributed by atoms with Gasteiger partial charge < -0.3 is 4.90 Å². The molecule has 1 atom stereocenters. The number of benzene rings is 1. The van der Waals surface area contributed by atoms with Gasteiger partial charge in [-0.1, -0.05) is 0 Å². The van der Waals surface area contributed by atoms with Gasteiger partial charge in [0.05, 0.1) is 9.82 Å². The van der Waals surface area contributed by atoms with Crippen molar-refractivity contribution in [3.8, 4) is 0 Å². The lowest BCUT2D eigenvalue weighted by Crippen LogP contribution is -2.37. The van der Waals surface area contributed by atoms with Crippen molar-refractivity contribution in [3.63, 3.8) is 0 Å². The highest BCUT2D eigenvalue weighted by Crippen LogP contribution is 2.30. The highest BCUT2D eigenvalue weighted by molar-refractivity contribution is 7.89. The number of nitro benzene ring substituents is 1. The maximum absolute atomic E-state index is 12.3. The van der Waals surface area contributed by atoms with Crippen LogP contribution < -0.4 is 4.72 Å². The summed E-state index contributed by atoms with van der Waals surface area (Å²) in [5.41, 5.74) is -0.115. The molecule has 1 aliphatic heterocycles. The second-order valence-corrected chi connectivity index (χ2v) is 7.77. The second-order valence-electron chi connectivity index (χ2n) is 6.06. The van der Waals surface area contributed by atoms with Crippen molar-refractivity contribution < 1.29 is 13.3 Å². The van der Waals surface area contributed by atoms with E-state index in [2.05, 4.69) is 9.62 Å². The molecule has 0 radical (unpaired) electrons. The molecule has 1 aromatic carbocycles. The highest BCUT2D eigenvalue weighted by atomic mass is 32.2. The van der Waals surface area contributed by atoms with Crippen LogP contribution in [0.5, 0.6) is 0 Å². The van der Waals surface area contributed by atoms with Gasteiger partial charge in [0.15, 0.2) is 0 Å². The Bertz CT molecular complexity index is 655. The number of likely N-dealkylation sites (tertiary alicyclic amines) is 1. The van der Waals surface area contributed by atoms with Crippen molar-refractivity contribution >= 4 is 15.7 Å². The van der Waals surface area contributed by atoms with Crippen molar-refractivity contribution in [3.05, 3.63) is 34.4 Å². The summed E-state index contributed by atoms with van der Waals surface area (Å²) in [6, 6.07) is 4.89. The van der Waals surface area contributed by atoms with Crippen molar-refractivity contribution in [1.29, 1.82) is 0 Å². The summed E-state index contributed by atoms with van der Waals surface area (Å²) in [7, 11) is -3.62. The zero-order chi connectivity index (χ0) is 15.7. The molecule has 1 saturated heterocycles. The predicted molar refractivity (Wildman–Crippen MR) is 81.0 cm³/mol. The van der Waals surface area contributed by atoms with Gasteiger partial charge in [0, 0.05) is 31.3 Å². The summed E-state index contributed by atoms with van der Waals surface area (Å²) in [6.07, 6.45) is 3.38. The van der Waals surface area contributed by atoms with E-state index in [-0.39, 0.29) is 16.6 Å². The first-order chi connectivity index (χ1) is 10.4. The second kappa shape index (κ2) is 5.94. The van der Waals surface area contributed by atoms with Crippen LogP contribution in [0.3, 0.4) is 0 Å². The lowest BCUT2D eigenvalue weighted by molar-refractivity contribution is -0.384. The topological polar surface area (TPSA) is 92.5 Å². The third-order valence-electron chi connectivity index (χ3n) is 4.17.